The van der Waals surface area contributed by atoms with Gasteiger partial charge < -0.3 is 10.2 Å². The molecule has 1 rings (SSSR count). The van der Waals surface area contributed by atoms with Gasteiger partial charge in [0.05, 0.1) is 6.10 Å². The number of aliphatic hydroxyl groups is 1. The highest BCUT2D eigenvalue weighted by Gasteiger charge is 2.30. The van der Waals surface area contributed by atoms with Crippen LogP contribution in [0.1, 0.15) is 47.5 Å². The van der Waals surface area contributed by atoms with E-state index in [-0.39, 0.29) is 11.5 Å². The Morgan fingerprint density at radius 2 is 1.87 bits per heavy atom. The molecule has 1 aliphatic rings. The first-order valence-electron chi connectivity index (χ1n) is 7.97. The summed E-state index contributed by atoms with van der Waals surface area (Å²) in [6.07, 6.45) is 12.3. The highest BCUT2D eigenvalue weighted by Crippen LogP contribution is 2.40. The van der Waals surface area contributed by atoms with Crippen molar-refractivity contribution in [1.82, 2.24) is 0 Å². The van der Waals surface area contributed by atoms with Crippen molar-refractivity contribution >= 4 is 5.97 Å². The molecule has 0 heterocycles. The Labute approximate surface area is 139 Å². The Hall–Kier alpha value is -1.87. The first kappa shape index (κ1) is 19.2. The molecule has 0 aromatic carbocycles. The Balaban J connectivity index is 2.87. The van der Waals surface area contributed by atoms with Crippen LogP contribution in [0.15, 0.2) is 58.7 Å². The number of carboxylic acids is 1. The van der Waals surface area contributed by atoms with Crippen molar-refractivity contribution in [1.29, 1.82) is 0 Å². The van der Waals surface area contributed by atoms with E-state index in [9.17, 15) is 9.90 Å². The van der Waals surface area contributed by atoms with E-state index in [1.54, 1.807) is 13.0 Å². The topological polar surface area (TPSA) is 57.5 Å². The van der Waals surface area contributed by atoms with Crippen LogP contribution in [0, 0.1) is 5.41 Å². The molecule has 2 N–H and O–H groups in total. The van der Waals surface area contributed by atoms with Gasteiger partial charge in [-0.15, -0.1) is 0 Å². The molecular weight excluding hydrogens is 288 g/mol. The number of carboxylic acid groups (broad SMARTS) is 1. The summed E-state index contributed by atoms with van der Waals surface area (Å²) in [7, 11) is 0. The minimum absolute atomic E-state index is 0.0801. The standard InChI is InChI=1S/C20H28O3/c1-14(7-6-8-15(2)13-19(22)23)9-10-17-16(3)18(21)11-12-20(17,4)5/h6-10,13,18,21H,11-12H2,1-5H3,(H,22,23)/b8-6+,10-9+,14-7+,15-13-. The van der Waals surface area contributed by atoms with Crippen molar-refractivity contribution in [3.63, 3.8) is 0 Å². The molecule has 0 aliphatic heterocycles. The second-order valence-corrected chi connectivity index (χ2v) is 6.86. The highest BCUT2D eigenvalue weighted by molar-refractivity contribution is 5.81. The molecule has 3 nitrogen and oxygen atoms in total. The van der Waals surface area contributed by atoms with Crippen LogP contribution >= 0.6 is 0 Å². The van der Waals surface area contributed by atoms with E-state index in [4.69, 9.17) is 5.11 Å². The fourth-order valence-electron chi connectivity index (χ4n) is 2.78. The zero-order chi connectivity index (χ0) is 17.6. The van der Waals surface area contributed by atoms with E-state index in [1.165, 1.54) is 11.6 Å². The van der Waals surface area contributed by atoms with Gasteiger partial charge in [-0.1, -0.05) is 49.8 Å². The van der Waals surface area contributed by atoms with Gasteiger partial charge in [-0.25, -0.2) is 4.79 Å². The molecule has 1 atom stereocenters. The SMILES string of the molecule is CC1=C(/C=C/C(C)=C/C=C/C(C)=C\C(=O)O)C(C)(C)CCC1O. The average molecular weight is 316 g/mol. The lowest BCUT2D eigenvalue weighted by molar-refractivity contribution is -0.131. The Kier molecular flexibility index (Phi) is 6.77. The third-order valence-corrected chi connectivity index (χ3v) is 4.28. The van der Waals surface area contributed by atoms with E-state index in [1.807, 2.05) is 32.1 Å². The van der Waals surface area contributed by atoms with E-state index in [0.717, 1.165) is 24.0 Å². The van der Waals surface area contributed by atoms with E-state index in [2.05, 4.69) is 19.9 Å². The van der Waals surface area contributed by atoms with Gasteiger partial charge in [0.15, 0.2) is 0 Å². The smallest absolute Gasteiger partial charge is 0.328 e. The third kappa shape index (κ3) is 6.03. The lowest BCUT2D eigenvalue weighted by Gasteiger charge is -2.35. The highest BCUT2D eigenvalue weighted by atomic mass is 16.4. The lowest BCUT2D eigenvalue weighted by Crippen LogP contribution is -2.27. The van der Waals surface area contributed by atoms with Gasteiger partial charge in [-0.05, 0) is 55.7 Å². The fourth-order valence-corrected chi connectivity index (χ4v) is 2.78. The number of rotatable bonds is 5. The minimum atomic E-state index is -0.937. The van der Waals surface area contributed by atoms with Gasteiger partial charge >= 0.3 is 5.97 Å². The number of aliphatic hydroxyl groups excluding tert-OH is 1. The summed E-state index contributed by atoms with van der Waals surface area (Å²) in [5, 5.41) is 18.7. The molecule has 1 unspecified atom stereocenters. The largest absolute Gasteiger partial charge is 0.478 e. The quantitative estimate of drug-likeness (QED) is 0.577. The molecule has 126 valence electrons. The zero-order valence-electron chi connectivity index (χ0n) is 14.8. The van der Waals surface area contributed by atoms with Gasteiger partial charge in [0.25, 0.3) is 0 Å². The van der Waals surface area contributed by atoms with Crippen molar-refractivity contribution < 1.29 is 15.0 Å². The molecule has 0 amide bonds. The van der Waals surface area contributed by atoms with Crippen LogP contribution in [-0.4, -0.2) is 22.3 Å². The molecule has 1 aliphatic carbocycles. The summed E-state index contributed by atoms with van der Waals surface area (Å²) in [4.78, 5) is 10.5. The van der Waals surface area contributed by atoms with Gasteiger partial charge in [-0.3, -0.25) is 0 Å². The van der Waals surface area contributed by atoms with Crippen LogP contribution in [0.25, 0.3) is 0 Å². The van der Waals surface area contributed by atoms with Crippen molar-refractivity contribution in [2.75, 3.05) is 0 Å². The molecule has 23 heavy (non-hydrogen) atoms. The van der Waals surface area contributed by atoms with Gasteiger partial charge in [-0.2, -0.15) is 0 Å². The molecule has 0 saturated carbocycles. The monoisotopic (exact) mass is 316 g/mol. The molecule has 0 aromatic rings. The van der Waals surface area contributed by atoms with Crippen LogP contribution in [0.2, 0.25) is 0 Å². The maximum Gasteiger partial charge on any atom is 0.328 e. The van der Waals surface area contributed by atoms with Crippen molar-refractivity contribution in [3.8, 4) is 0 Å². The van der Waals surface area contributed by atoms with Crippen molar-refractivity contribution in [3.05, 3.63) is 58.7 Å². The van der Waals surface area contributed by atoms with Gasteiger partial charge in [0.2, 0.25) is 0 Å². The Morgan fingerprint density at radius 3 is 2.48 bits per heavy atom. The van der Waals surface area contributed by atoms with Crippen molar-refractivity contribution in [2.45, 2.75) is 53.6 Å². The van der Waals surface area contributed by atoms with E-state index < -0.39 is 5.97 Å². The summed E-state index contributed by atoms with van der Waals surface area (Å²) < 4.78 is 0. The predicted molar refractivity (Wildman–Crippen MR) is 95.2 cm³/mol. The molecule has 0 radical (unpaired) electrons. The predicted octanol–water partition coefficient (Wildman–Crippen LogP) is 4.57. The Morgan fingerprint density at radius 1 is 1.22 bits per heavy atom. The number of hydrogen-bond donors (Lipinski definition) is 2. The lowest BCUT2D eigenvalue weighted by atomic mass is 9.71. The zero-order valence-corrected chi connectivity index (χ0v) is 14.8. The molecule has 0 spiro atoms. The molecule has 0 aromatic heterocycles. The normalized spacial score (nSPS) is 23.1. The third-order valence-electron chi connectivity index (χ3n) is 4.28. The second-order valence-electron chi connectivity index (χ2n) is 6.86. The summed E-state index contributed by atoms with van der Waals surface area (Å²) in [6.45, 7) is 10.2. The van der Waals surface area contributed by atoms with Crippen LogP contribution in [0.4, 0.5) is 0 Å². The van der Waals surface area contributed by atoms with Gasteiger partial charge in [0.1, 0.15) is 0 Å². The minimum Gasteiger partial charge on any atom is -0.478 e. The Bertz CT molecular complexity index is 598. The summed E-state index contributed by atoms with van der Waals surface area (Å²) in [5.41, 5.74) is 4.11. The maximum absolute atomic E-state index is 10.5. The van der Waals surface area contributed by atoms with Crippen LogP contribution in [-0.2, 0) is 4.79 Å². The number of hydrogen-bond acceptors (Lipinski definition) is 2. The first-order valence-corrected chi connectivity index (χ1v) is 7.97. The van der Waals surface area contributed by atoms with E-state index >= 15 is 0 Å². The van der Waals surface area contributed by atoms with Gasteiger partial charge in [0, 0.05) is 6.08 Å². The number of aliphatic carboxylic acids is 1. The number of allylic oxidation sites excluding steroid dienone is 8. The average Bonchev–Trinajstić information content (AvgIpc) is 2.42. The summed E-state index contributed by atoms with van der Waals surface area (Å²) in [6, 6.07) is 0. The molecule has 0 bridgehead atoms. The van der Waals surface area contributed by atoms with Crippen molar-refractivity contribution in [2.24, 2.45) is 5.41 Å². The first-order chi connectivity index (χ1) is 10.6. The maximum atomic E-state index is 10.5. The second kappa shape index (κ2) is 8.11. The summed E-state index contributed by atoms with van der Waals surface area (Å²) >= 11 is 0. The van der Waals surface area contributed by atoms with E-state index in [0.29, 0.717) is 5.57 Å². The summed E-state index contributed by atoms with van der Waals surface area (Å²) in [5.74, 6) is -0.937. The fraction of sp³-hybridized carbons (Fsp3) is 0.450. The van der Waals surface area contributed by atoms with Crippen LogP contribution in [0.5, 0.6) is 0 Å². The van der Waals surface area contributed by atoms with Crippen LogP contribution in [0.3, 0.4) is 0 Å². The molecular formula is C20H28O3. The number of carbonyl (C=O) groups is 1. The molecule has 0 fully saturated rings. The van der Waals surface area contributed by atoms with Crippen LogP contribution < -0.4 is 0 Å². The molecule has 3 heteroatoms. The molecule has 0 saturated heterocycles.